The third kappa shape index (κ3) is 6.73. The minimum absolute atomic E-state index is 0.131. The molecule has 3 heterocycles. The van der Waals surface area contributed by atoms with E-state index < -0.39 is 42.9 Å². The number of hydrogen-bond acceptors (Lipinski definition) is 5. The number of amides is 1. The lowest BCUT2D eigenvalue weighted by Crippen LogP contribution is -2.49. The van der Waals surface area contributed by atoms with Crippen molar-refractivity contribution in [3.8, 4) is 11.3 Å². The summed E-state index contributed by atoms with van der Waals surface area (Å²) in [7, 11) is -2.36. The van der Waals surface area contributed by atoms with Crippen molar-refractivity contribution in [3.63, 3.8) is 0 Å². The van der Waals surface area contributed by atoms with Crippen molar-refractivity contribution in [2.45, 2.75) is 49.2 Å². The van der Waals surface area contributed by atoms with Crippen LogP contribution in [0.15, 0.2) is 49.3 Å². The maximum atomic E-state index is 14.7. The van der Waals surface area contributed by atoms with Crippen LogP contribution in [-0.4, -0.2) is 46.0 Å². The average molecular weight is 709 g/mol. The van der Waals surface area contributed by atoms with Gasteiger partial charge in [-0.15, -0.1) is 0 Å². The maximum absolute atomic E-state index is 14.7. The van der Waals surface area contributed by atoms with E-state index in [1.165, 1.54) is 18.3 Å². The van der Waals surface area contributed by atoms with Crippen LogP contribution in [0, 0.1) is 29.3 Å². The summed E-state index contributed by atoms with van der Waals surface area (Å²) >= 11 is 2.49. The fourth-order valence-corrected chi connectivity index (χ4v) is 7.42. The number of aromatic nitrogens is 2. The van der Waals surface area contributed by atoms with Crippen molar-refractivity contribution in [3.05, 3.63) is 78.0 Å². The Balaban J connectivity index is 1.57. The number of anilines is 2. The fourth-order valence-electron chi connectivity index (χ4n) is 5.25. The van der Waals surface area contributed by atoms with Crippen molar-refractivity contribution in [1.82, 2.24) is 9.97 Å². The van der Waals surface area contributed by atoms with Gasteiger partial charge in [-0.2, -0.15) is 0 Å². The van der Waals surface area contributed by atoms with Crippen LogP contribution in [0.5, 0.6) is 0 Å². The Hall–Kier alpha value is -2.77. The number of piperidine rings is 1. The number of rotatable bonds is 8. The molecule has 42 heavy (non-hydrogen) atoms. The number of benzene rings is 1. The zero-order valence-electron chi connectivity index (χ0n) is 24.4. The minimum Gasteiger partial charge on any atom is -0.432 e. The Morgan fingerprint density at radius 3 is 2.45 bits per heavy atom. The van der Waals surface area contributed by atoms with E-state index >= 15 is 0 Å². The van der Waals surface area contributed by atoms with Gasteiger partial charge in [-0.3, -0.25) is 9.78 Å². The summed E-state index contributed by atoms with van der Waals surface area (Å²) < 4.78 is 44.4. The minimum atomic E-state index is -2.36. The van der Waals surface area contributed by atoms with E-state index in [2.05, 4.69) is 70.1 Å². The quantitative estimate of drug-likeness (QED) is 0.143. The number of pyridine rings is 2. The molecule has 4 rings (SSSR count). The summed E-state index contributed by atoms with van der Waals surface area (Å²) in [6, 6.07) is 6.01. The summed E-state index contributed by atoms with van der Waals surface area (Å²) in [4.78, 5) is 34.5. The molecule has 1 aliphatic rings. The number of nitrogens with one attached hydrogen (secondary N) is 1. The van der Waals surface area contributed by atoms with E-state index in [0.29, 0.717) is 21.4 Å². The second-order valence-corrected chi connectivity index (χ2v) is 18.2. The highest BCUT2D eigenvalue weighted by Crippen LogP contribution is 2.47. The van der Waals surface area contributed by atoms with Gasteiger partial charge in [0.2, 0.25) is 0 Å². The Labute approximate surface area is 259 Å². The van der Waals surface area contributed by atoms with Crippen LogP contribution in [0.25, 0.3) is 17.3 Å². The Morgan fingerprint density at radius 1 is 1.19 bits per heavy atom. The normalized spacial score (nSPS) is 19.5. The number of carbonyl (C=O) groups excluding carboxylic acids is 1. The first kappa shape index (κ1) is 32.1. The van der Waals surface area contributed by atoms with E-state index in [1.807, 2.05) is 19.2 Å². The number of nitrogens with zero attached hydrogens (tertiary/aromatic N) is 3. The molecule has 2 N–H and O–H groups in total. The van der Waals surface area contributed by atoms with Gasteiger partial charge in [-0.25, -0.2) is 18.2 Å². The zero-order valence-corrected chi connectivity index (χ0v) is 27.5. The molecule has 2 aromatic heterocycles. The van der Waals surface area contributed by atoms with Gasteiger partial charge in [0.25, 0.3) is 5.91 Å². The average Bonchev–Trinajstić information content (AvgIpc) is 2.90. The highest BCUT2D eigenvalue weighted by atomic mass is 127. The van der Waals surface area contributed by atoms with Crippen molar-refractivity contribution < 1.29 is 22.8 Å². The van der Waals surface area contributed by atoms with Crippen LogP contribution in [0.2, 0.25) is 18.1 Å². The molecule has 3 aromatic rings. The van der Waals surface area contributed by atoms with Gasteiger partial charge < -0.3 is 15.0 Å². The number of carbonyl (C=O) groups is 1. The lowest BCUT2D eigenvalue weighted by molar-refractivity contribution is 0.102. The van der Waals surface area contributed by atoms with Gasteiger partial charge in [-0.05, 0) is 72.3 Å². The molecule has 224 valence electrons. The van der Waals surface area contributed by atoms with E-state index in [1.54, 1.807) is 6.20 Å². The fraction of sp³-hybridized carbons (Fsp3) is 0.387. The molecule has 0 radical (unpaired) electrons. The molecule has 1 unspecified atom stereocenters. The summed E-state index contributed by atoms with van der Waals surface area (Å²) in [5.41, 5.74) is -0.0375. The molecule has 0 spiro atoms. The third-order valence-electron chi connectivity index (χ3n) is 8.50. The van der Waals surface area contributed by atoms with Crippen LogP contribution < -0.4 is 10.2 Å². The van der Waals surface area contributed by atoms with Crippen LogP contribution in [0.1, 0.15) is 43.2 Å². The molecule has 0 aliphatic carbocycles. The van der Waals surface area contributed by atoms with Crippen LogP contribution >= 0.6 is 22.6 Å². The molecular weight excluding hydrogens is 672 g/mol. The number of halogens is 4. The summed E-state index contributed by atoms with van der Waals surface area (Å²) in [5.74, 6) is -2.91. The lowest BCUT2D eigenvalue weighted by Gasteiger charge is -2.46. The molecule has 1 amide bonds. The molecule has 1 saturated heterocycles. The Kier molecular flexibility index (Phi) is 9.53. The highest BCUT2D eigenvalue weighted by Gasteiger charge is 2.44. The Bertz CT molecular complexity index is 1460. The van der Waals surface area contributed by atoms with E-state index in [-0.39, 0.29) is 16.3 Å². The van der Waals surface area contributed by atoms with Gasteiger partial charge in [0, 0.05) is 23.2 Å². The molecule has 11 heteroatoms. The summed E-state index contributed by atoms with van der Waals surface area (Å²) in [6.45, 7) is 15.5. The van der Waals surface area contributed by atoms with Crippen molar-refractivity contribution in [1.29, 1.82) is 0 Å². The monoisotopic (exact) mass is 708 g/mol. The highest BCUT2D eigenvalue weighted by molar-refractivity contribution is 14.1. The maximum Gasteiger partial charge on any atom is 0.274 e. The molecule has 3 atom stereocenters. The van der Waals surface area contributed by atoms with Crippen LogP contribution in [0.4, 0.5) is 24.5 Å². The second-order valence-electron chi connectivity index (χ2n) is 12.1. The zero-order chi connectivity index (χ0) is 31.0. The largest absolute Gasteiger partial charge is 0.432 e. The van der Waals surface area contributed by atoms with Crippen molar-refractivity contribution in [2.75, 3.05) is 23.3 Å². The van der Waals surface area contributed by atoms with Crippen LogP contribution in [-0.2, 0) is 0 Å². The van der Waals surface area contributed by atoms with Gasteiger partial charge in [-0.1, -0.05) is 56.0 Å². The SMILES string of the molecule is C=Cc1cc(F)c(-c2nc(C(=O)Nc3cnccc3N3CC(I)[C@H](CC(C)(C)[Si](C)(C)O)[C@@H](C)C3)ccc2F)c(F)c1. The molecule has 0 saturated carbocycles. The lowest BCUT2D eigenvalue weighted by atomic mass is 9.80. The molecule has 6 nitrogen and oxygen atoms in total. The smallest absolute Gasteiger partial charge is 0.274 e. The van der Waals surface area contributed by atoms with Gasteiger partial charge in [0.15, 0.2) is 8.32 Å². The molecule has 1 fully saturated rings. The predicted molar refractivity (Wildman–Crippen MR) is 173 cm³/mol. The Morgan fingerprint density at radius 2 is 1.86 bits per heavy atom. The topological polar surface area (TPSA) is 78.4 Å². The molecular formula is C31H36F3IN4O2Si. The second kappa shape index (κ2) is 12.5. The molecule has 1 aromatic carbocycles. The van der Waals surface area contributed by atoms with Crippen molar-refractivity contribution in [2.24, 2.45) is 11.8 Å². The summed E-state index contributed by atoms with van der Waals surface area (Å²) in [6.07, 6.45) is 5.39. The van der Waals surface area contributed by atoms with Crippen molar-refractivity contribution >= 4 is 54.3 Å². The molecule has 0 bridgehead atoms. The van der Waals surface area contributed by atoms with Crippen LogP contribution in [0.3, 0.4) is 0 Å². The van der Waals surface area contributed by atoms with Gasteiger partial charge in [0.1, 0.15) is 28.8 Å². The van der Waals surface area contributed by atoms with Gasteiger partial charge in [0.05, 0.1) is 23.1 Å². The predicted octanol–water partition coefficient (Wildman–Crippen LogP) is 7.70. The number of hydrogen-bond donors (Lipinski definition) is 2. The third-order valence-corrected chi connectivity index (χ3v) is 13.3. The number of alkyl halides is 1. The van der Waals surface area contributed by atoms with E-state index in [0.717, 1.165) is 43.4 Å². The van der Waals surface area contributed by atoms with E-state index in [4.69, 9.17) is 0 Å². The first-order chi connectivity index (χ1) is 19.6. The standard InChI is InChI=1S/C31H36F3IN4O2Si/c1-7-19-12-22(33)28(23(34)13-19)29-21(32)8-9-25(37-29)30(40)38-26-15-36-11-10-27(26)39-16-18(2)20(24(35)17-39)14-31(3,4)42(5,6)41/h7-13,15,18,20,24,41H,1,14,16-17H2,2-6H3,(H,38,40)/t18-,20+,24?/m0/s1. The summed E-state index contributed by atoms with van der Waals surface area (Å²) in [5, 5.41) is 2.68. The first-order valence-electron chi connectivity index (χ1n) is 13.8. The van der Waals surface area contributed by atoms with E-state index in [9.17, 15) is 22.8 Å². The first-order valence-corrected chi connectivity index (χ1v) is 18.0. The van der Waals surface area contributed by atoms with Gasteiger partial charge >= 0.3 is 0 Å². The molecule has 1 aliphatic heterocycles.